The van der Waals surface area contributed by atoms with Gasteiger partial charge >= 0.3 is 0 Å². The molecule has 0 unspecified atom stereocenters. The number of hydrogen-bond donors (Lipinski definition) is 2. The van der Waals surface area contributed by atoms with E-state index >= 15 is 0 Å². The fourth-order valence-electron chi connectivity index (χ4n) is 1.94. The van der Waals surface area contributed by atoms with Crippen LogP contribution in [-0.2, 0) is 16.6 Å². The van der Waals surface area contributed by atoms with Gasteiger partial charge in [0.05, 0.1) is 15.6 Å². The monoisotopic (exact) mass is 388 g/mol. The summed E-state index contributed by atoms with van der Waals surface area (Å²) < 4.78 is 28.2. The Kier molecular flexibility index (Phi) is 4.93. The van der Waals surface area contributed by atoms with Gasteiger partial charge in [0.15, 0.2) is 0 Å². The summed E-state index contributed by atoms with van der Waals surface area (Å²) in [6, 6.07) is 9.91. The average molecular weight is 390 g/mol. The summed E-state index contributed by atoms with van der Waals surface area (Å²) in [6.45, 7) is 2.03. The van der Waals surface area contributed by atoms with E-state index in [2.05, 4.69) is 20.7 Å². The summed E-state index contributed by atoms with van der Waals surface area (Å²) in [5.74, 6) is 0. The van der Waals surface area contributed by atoms with Crippen LogP contribution in [-0.4, -0.2) is 8.42 Å². The lowest BCUT2D eigenvalue weighted by Crippen LogP contribution is -2.15. The standard InChI is InChI=1S/C14H14BrClN2O2S/c1-9-10(8-17)3-2-4-14(9)21(19,20)18-11-5-6-12(15)13(16)7-11/h2-7,18H,8,17H2,1H3. The lowest BCUT2D eigenvalue weighted by Gasteiger charge is -2.13. The molecule has 0 amide bonds. The molecule has 0 atom stereocenters. The van der Waals surface area contributed by atoms with Crippen LogP contribution in [0.4, 0.5) is 5.69 Å². The van der Waals surface area contributed by atoms with Crippen molar-refractivity contribution >= 4 is 43.2 Å². The first-order chi connectivity index (χ1) is 9.85. The maximum absolute atomic E-state index is 12.5. The Bertz CT molecular complexity index is 779. The Labute approximate surface area is 137 Å². The molecule has 0 aliphatic heterocycles. The lowest BCUT2D eigenvalue weighted by atomic mass is 10.1. The van der Waals surface area contributed by atoms with Crippen molar-refractivity contribution in [3.05, 3.63) is 57.0 Å². The first kappa shape index (κ1) is 16.3. The van der Waals surface area contributed by atoms with Crippen molar-refractivity contribution < 1.29 is 8.42 Å². The highest BCUT2D eigenvalue weighted by Gasteiger charge is 2.18. The van der Waals surface area contributed by atoms with Gasteiger partial charge in [0.25, 0.3) is 10.0 Å². The van der Waals surface area contributed by atoms with Crippen molar-refractivity contribution in [1.29, 1.82) is 0 Å². The van der Waals surface area contributed by atoms with Gasteiger partial charge in [0, 0.05) is 11.0 Å². The first-order valence-corrected chi connectivity index (χ1v) is 8.77. The average Bonchev–Trinajstić information content (AvgIpc) is 2.42. The van der Waals surface area contributed by atoms with Gasteiger partial charge in [-0.2, -0.15) is 0 Å². The van der Waals surface area contributed by atoms with E-state index in [1.807, 2.05) is 6.07 Å². The maximum Gasteiger partial charge on any atom is 0.262 e. The highest BCUT2D eigenvalue weighted by molar-refractivity contribution is 9.10. The van der Waals surface area contributed by atoms with Crippen molar-refractivity contribution in [2.75, 3.05) is 4.72 Å². The second kappa shape index (κ2) is 6.36. The molecule has 2 aromatic rings. The van der Waals surface area contributed by atoms with Gasteiger partial charge in [-0.25, -0.2) is 8.42 Å². The van der Waals surface area contributed by atoms with E-state index in [1.165, 1.54) is 0 Å². The first-order valence-electron chi connectivity index (χ1n) is 6.11. The van der Waals surface area contributed by atoms with E-state index in [0.29, 0.717) is 27.3 Å². The summed E-state index contributed by atoms with van der Waals surface area (Å²) in [6.07, 6.45) is 0. The number of nitrogens with two attached hydrogens (primary N) is 1. The fourth-order valence-corrected chi connectivity index (χ4v) is 3.71. The molecule has 0 aliphatic carbocycles. The second-order valence-electron chi connectivity index (χ2n) is 4.48. The predicted octanol–water partition coefficient (Wildman–Crippen LogP) is 3.67. The highest BCUT2D eigenvalue weighted by atomic mass is 79.9. The Morgan fingerprint density at radius 1 is 1.29 bits per heavy atom. The van der Waals surface area contributed by atoms with Gasteiger partial charge in [0.1, 0.15) is 0 Å². The van der Waals surface area contributed by atoms with Crippen LogP contribution in [0.1, 0.15) is 11.1 Å². The van der Waals surface area contributed by atoms with E-state index in [9.17, 15) is 8.42 Å². The minimum Gasteiger partial charge on any atom is -0.326 e. The van der Waals surface area contributed by atoms with Crippen LogP contribution in [0.25, 0.3) is 0 Å². The number of hydrogen-bond acceptors (Lipinski definition) is 3. The van der Waals surface area contributed by atoms with Gasteiger partial charge in [-0.1, -0.05) is 23.7 Å². The lowest BCUT2D eigenvalue weighted by molar-refractivity contribution is 0.600. The van der Waals surface area contributed by atoms with Crippen molar-refractivity contribution in [2.45, 2.75) is 18.4 Å². The minimum absolute atomic E-state index is 0.212. The van der Waals surface area contributed by atoms with Crippen LogP contribution in [0.2, 0.25) is 5.02 Å². The third-order valence-electron chi connectivity index (χ3n) is 3.08. The predicted molar refractivity (Wildman–Crippen MR) is 89.0 cm³/mol. The molecule has 2 rings (SSSR count). The summed E-state index contributed by atoms with van der Waals surface area (Å²) in [5.41, 5.74) is 7.46. The molecule has 0 heterocycles. The summed E-state index contributed by atoms with van der Waals surface area (Å²) in [5, 5.41) is 0.433. The van der Waals surface area contributed by atoms with Crippen LogP contribution in [0, 0.1) is 6.92 Å². The molecule has 2 aromatic carbocycles. The molecule has 7 heteroatoms. The molecule has 3 N–H and O–H groups in total. The van der Waals surface area contributed by atoms with E-state index in [-0.39, 0.29) is 4.90 Å². The topological polar surface area (TPSA) is 72.2 Å². The molecular formula is C14H14BrClN2O2S. The molecule has 0 saturated heterocycles. The number of anilines is 1. The highest BCUT2D eigenvalue weighted by Crippen LogP contribution is 2.27. The van der Waals surface area contributed by atoms with Crippen molar-refractivity contribution in [2.24, 2.45) is 5.73 Å². The van der Waals surface area contributed by atoms with E-state index in [4.69, 9.17) is 17.3 Å². The van der Waals surface area contributed by atoms with Crippen LogP contribution >= 0.6 is 27.5 Å². The number of sulfonamides is 1. The zero-order valence-corrected chi connectivity index (χ0v) is 14.4. The molecule has 21 heavy (non-hydrogen) atoms. The Morgan fingerprint density at radius 2 is 2.00 bits per heavy atom. The maximum atomic E-state index is 12.5. The van der Waals surface area contributed by atoms with Gasteiger partial charge in [0.2, 0.25) is 0 Å². The molecular weight excluding hydrogens is 376 g/mol. The number of halogens is 2. The molecule has 0 aliphatic rings. The van der Waals surface area contributed by atoms with Crippen LogP contribution in [0.3, 0.4) is 0 Å². The van der Waals surface area contributed by atoms with Crippen LogP contribution in [0.15, 0.2) is 45.8 Å². The Morgan fingerprint density at radius 3 is 2.62 bits per heavy atom. The minimum atomic E-state index is -3.69. The van der Waals surface area contributed by atoms with Gasteiger partial charge in [-0.15, -0.1) is 0 Å². The van der Waals surface area contributed by atoms with Gasteiger partial charge in [-0.05, 0) is 58.2 Å². The molecule has 0 fully saturated rings. The molecule has 4 nitrogen and oxygen atoms in total. The number of nitrogens with one attached hydrogen (secondary N) is 1. The van der Waals surface area contributed by atoms with E-state index in [1.54, 1.807) is 37.3 Å². The third kappa shape index (κ3) is 3.58. The molecule has 112 valence electrons. The Hall–Kier alpha value is -1.08. The second-order valence-corrected chi connectivity index (χ2v) is 7.39. The van der Waals surface area contributed by atoms with Crippen LogP contribution in [0.5, 0.6) is 0 Å². The zero-order valence-electron chi connectivity index (χ0n) is 11.2. The normalized spacial score (nSPS) is 11.4. The summed E-state index contributed by atoms with van der Waals surface area (Å²) >= 11 is 9.23. The Balaban J connectivity index is 2.41. The van der Waals surface area contributed by atoms with Gasteiger partial charge < -0.3 is 5.73 Å². The SMILES string of the molecule is Cc1c(CN)cccc1S(=O)(=O)Nc1ccc(Br)c(Cl)c1. The van der Waals surface area contributed by atoms with Crippen molar-refractivity contribution in [3.63, 3.8) is 0 Å². The molecule has 0 radical (unpaired) electrons. The molecule has 0 saturated carbocycles. The van der Waals surface area contributed by atoms with Crippen molar-refractivity contribution in [1.82, 2.24) is 0 Å². The van der Waals surface area contributed by atoms with E-state index in [0.717, 1.165) is 5.56 Å². The molecule has 0 aromatic heterocycles. The molecule has 0 bridgehead atoms. The number of benzene rings is 2. The van der Waals surface area contributed by atoms with Crippen molar-refractivity contribution in [3.8, 4) is 0 Å². The third-order valence-corrected chi connectivity index (χ3v) is 5.84. The number of rotatable bonds is 4. The van der Waals surface area contributed by atoms with E-state index < -0.39 is 10.0 Å². The largest absolute Gasteiger partial charge is 0.326 e. The smallest absolute Gasteiger partial charge is 0.262 e. The quantitative estimate of drug-likeness (QED) is 0.838. The summed E-state index contributed by atoms with van der Waals surface area (Å²) in [4.78, 5) is 0.212. The molecule has 0 spiro atoms. The van der Waals surface area contributed by atoms with Crippen LogP contribution < -0.4 is 10.5 Å². The fraction of sp³-hybridized carbons (Fsp3) is 0.143. The summed E-state index contributed by atoms with van der Waals surface area (Å²) in [7, 11) is -3.69. The van der Waals surface area contributed by atoms with Gasteiger partial charge in [-0.3, -0.25) is 4.72 Å². The zero-order chi connectivity index (χ0) is 15.6.